The van der Waals surface area contributed by atoms with Gasteiger partial charge in [-0.05, 0) is 12.2 Å². The lowest BCUT2D eigenvalue weighted by atomic mass is 10.5. The lowest BCUT2D eigenvalue weighted by molar-refractivity contribution is -0.123. The van der Waals surface area contributed by atoms with Crippen LogP contribution < -0.4 is 5.73 Å². The van der Waals surface area contributed by atoms with Crippen molar-refractivity contribution in [2.75, 3.05) is 14.1 Å². The van der Waals surface area contributed by atoms with E-state index in [1.807, 2.05) is 0 Å². The Morgan fingerprint density at radius 3 is 1.58 bits per heavy atom. The van der Waals surface area contributed by atoms with Crippen molar-refractivity contribution in [1.82, 2.24) is 4.90 Å². The molecule has 4 heteroatoms. The van der Waals surface area contributed by atoms with E-state index in [2.05, 4.69) is 18.9 Å². The molecular weight excluding hydrogens is 156 g/mol. The number of amides is 2. The lowest BCUT2D eigenvalue weighted by Gasteiger charge is -2.03. The van der Waals surface area contributed by atoms with Gasteiger partial charge >= 0.3 is 0 Å². The maximum absolute atomic E-state index is 10.3. The summed E-state index contributed by atoms with van der Waals surface area (Å²) in [5.41, 5.74) is 4.53. The van der Waals surface area contributed by atoms with Gasteiger partial charge in [0.1, 0.15) is 0 Å². The van der Waals surface area contributed by atoms with Gasteiger partial charge in [-0.2, -0.15) is 0 Å². The SMILES string of the molecule is C=CC(=O)N(C)C.C=CC(N)=O. The highest BCUT2D eigenvalue weighted by atomic mass is 16.2. The highest BCUT2D eigenvalue weighted by Gasteiger charge is 1.91. The molecule has 0 unspecified atom stereocenters. The highest BCUT2D eigenvalue weighted by Crippen LogP contribution is 1.74. The Bertz CT molecular complexity index is 185. The Morgan fingerprint density at radius 2 is 1.58 bits per heavy atom. The van der Waals surface area contributed by atoms with Crippen molar-refractivity contribution in [1.29, 1.82) is 0 Å². The molecule has 0 aromatic heterocycles. The quantitative estimate of drug-likeness (QED) is 0.589. The molecule has 0 saturated heterocycles. The summed E-state index contributed by atoms with van der Waals surface area (Å²) in [6.45, 7) is 6.38. The third kappa shape index (κ3) is 11.2. The number of hydrogen-bond donors (Lipinski definition) is 1. The summed E-state index contributed by atoms with van der Waals surface area (Å²) in [5, 5.41) is 0. The fraction of sp³-hybridized carbons (Fsp3) is 0.250. The largest absolute Gasteiger partial charge is 0.366 e. The Labute approximate surface area is 72.3 Å². The molecule has 0 radical (unpaired) electrons. The average molecular weight is 170 g/mol. The zero-order valence-corrected chi connectivity index (χ0v) is 7.41. The van der Waals surface area contributed by atoms with Crippen LogP contribution in [0.3, 0.4) is 0 Å². The first-order chi connectivity index (χ1) is 5.45. The summed E-state index contributed by atoms with van der Waals surface area (Å²) in [5.74, 6) is -0.537. The normalized spacial score (nSPS) is 7.17. The predicted molar refractivity (Wildman–Crippen MR) is 48.3 cm³/mol. The summed E-state index contributed by atoms with van der Waals surface area (Å²) in [4.78, 5) is 21.3. The van der Waals surface area contributed by atoms with Crippen molar-refractivity contribution in [2.24, 2.45) is 5.73 Å². The van der Waals surface area contributed by atoms with Crippen LogP contribution in [0.15, 0.2) is 25.3 Å². The molecule has 0 saturated carbocycles. The smallest absolute Gasteiger partial charge is 0.245 e. The van der Waals surface area contributed by atoms with Crippen LogP contribution in [0.1, 0.15) is 0 Å². The van der Waals surface area contributed by atoms with E-state index in [9.17, 15) is 9.59 Å². The van der Waals surface area contributed by atoms with Crippen LogP contribution in [0.2, 0.25) is 0 Å². The third-order valence-electron chi connectivity index (χ3n) is 0.817. The van der Waals surface area contributed by atoms with E-state index in [0.717, 1.165) is 6.08 Å². The van der Waals surface area contributed by atoms with E-state index in [4.69, 9.17) is 0 Å². The zero-order valence-electron chi connectivity index (χ0n) is 7.41. The Morgan fingerprint density at radius 1 is 1.25 bits per heavy atom. The number of likely N-dealkylation sites (N-methyl/N-ethyl adjacent to an activating group) is 1. The Balaban J connectivity index is 0. The first-order valence-corrected chi connectivity index (χ1v) is 3.21. The van der Waals surface area contributed by atoms with Crippen molar-refractivity contribution in [3.8, 4) is 0 Å². The summed E-state index contributed by atoms with van der Waals surface area (Å²) in [6, 6.07) is 0. The molecule has 0 atom stereocenters. The van der Waals surface area contributed by atoms with Crippen LogP contribution >= 0.6 is 0 Å². The molecule has 0 aliphatic carbocycles. The molecule has 2 amide bonds. The average Bonchev–Trinajstić information content (AvgIpc) is 2.04. The van der Waals surface area contributed by atoms with Crippen molar-refractivity contribution >= 4 is 11.8 Å². The molecule has 0 aliphatic rings. The first-order valence-electron chi connectivity index (χ1n) is 3.21. The first kappa shape index (κ1) is 13.0. The number of nitrogens with zero attached hydrogens (tertiary/aromatic N) is 1. The van der Waals surface area contributed by atoms with Gasteiger partial charge < -0.3 is 10.6 Å². The Kier molecular flexibility index (Phi) is 8.18. The van der Waals surface area contributed by atoms with Gasteiger partial charge in [0.05, 0.1) is 0 Å². The summed E-state index contributed by atoms with van der Waals surface area (Å²) in [6.07, 6.45) is 2.33. The molecule has 0 aromatic carbocycles. The van der Waals surface area contributed by atoms with Crippen molar-refractivity contribution in [3.05, 3.63) is 25.3 Å². The topological polar surface area (TPSA) is 63.4 Å². The minimum absolute atomic E-state index is 0.0556. The summed E-state index contributed by atoms with van der Waals surface area (Å²) < 4.78 is 0. The van der Waals surface area contributed by atoms with Gasteiger partial charge in [0.15, 0.2) is 0 Å². The maximum Gasteiger partial charge on any atom is 0.245 e. The molecule has 0 rings (SSSR count). The van der Waals surface area contributed by atoms with Crippen molar-refractivity contribution in [3.63, 3.8) is 0 Å². The molecule has 4 nitrogen and oxygen atoms in total. The van der Waals surface area contributed by atoms with Crippen LogP contribution in [0.25, 0.3) is 0 Å². The van der Waals surface area contributed by atoms with Gasteiger partial charge in [-0.15, -0.1) is 0 Å². The highest BCUT2D eigenvalue weighted by molar-refractivity contribution is 5.86. The van der Waals surface area contributed by atoms with Crippen molar-refractivity contribution < 1.29 is 9.59 Å². The van der Waals surface area contributed by atoms with Gasteiger partial charge in [0, 0.05) is 14.1 Å². The number of carbonyl (C=O) groups excluding carboxylic acids is 2. The number of rotatable bonds is 2. The minimum atomic E-state index is -0.481. The second kappa shape index (κ2) is 7.53. The van der Waals surface area contributed by atoms with Gasteiger partial charge in [-0.25, -0.2) is 0 Å². The molecule has 0 aromatic rings. The fourth-order valence-electron chi connectivity index (χ4n) is 0.183. The standard InChI is InChI=1S/C5H9NO.C3H5NO/c1-4-5(7)6(2)3;1-2-3(4)5/h4H,1H2,2-3H3;2H,1H2,(H2,4,5). The van der Waals surface area contributed by atoms with Crippen LogP contribution in [0.4, 0.5) is 0 Å². The van der Waals surface area contributed by atoms with E-state index in [0.29, 0.717) is 0 Å². The maximum atomic E-state index is 10.3. The van der Waals surface area contributed by atoms with Crippen molar-refractivity contribution in [2.45, 2.75) is 0 Å². The molecule has 0 fully saturated rings. The fourth-order valence-corrected chi connectivity index (χ4v) is 0.183. The monoisotopic (exact) mass is 170 g/mol. The number of carbonyl (C=O) groups is 2. The van der Waals surface area contributed by atoms with Gasteiger partial charge in [0.25, 0.3) is 0 Å². The molecule has 2 N–H and O–H groups in total. The minimum Gasteiger partial charge on any atom is -0.366 e. The summed E-state index contributed by atoms with van der Waals surface area (Å²) in [7, 11) is 3.37. The van der Waals surface area contributed by atoms with Crippen LogP contribution in [-0.2, 0) is 9.59 Å². The number of hydrogen-bond acceptors (Lipinski definition) is 2. The molecule has 0 heterocycles. The van der Waals surface area contributed by atoms with E-state index in [1.54, 1.807) is 14.1 Å². The van der Waals surface area contributed by atoms with Gasteiger partial charge in [-0.1, -0.05) is 13.2 Å². The number of nitrogens with two attached hydrogens (primary N) is 1. The molecular formula is C8H14N2O2. The van der Waals surface area contributed by atoms with Gasteiger partial charge in [-0.3, -0.25) is 9.59 Å². The Hall–Kier alpha value is -1.58. The summed E-state index contributed by atoms with van der Waals surface area (Å²) >= 11 is 0. The third-order valence-corrected chi connectivity index (χ3v) is 0.817. The van der Waals surface area contributed by atoms with E-state index in [1.165, 1.54) is 11.0 Å². The van der Waals surface area contributed by atoms with E-state index >= 15 is 0 Å². The predicted octanol–water partition coefficient (Wildman–Crippen LogP) is -0.0817. The lowest BCUT2D eigenvalue weighted by Crippen LogP contribution is -2.18. The van der Waals surface area contributed by atoms with Crippen LogP contribution in [-0.4, -0.2) is 30.8 Å². The van der Waals surface area contributed by atoms with Crippen LogP contribution in [0.5, 0.6) is 0 Å². The molecule has 0 bridgehead atoms. The molecule has 68 valence electrons. The number of primary amides is 1. The molecule has 0 spiro atoms. The second-order valence-corrected chi connectivity index (χ2v) is 2.04. The zero-order chi connectivity index (χ0) is 10.1. The van der Waals surface area contributed by atoms with Crippen LogP contribution in [0, 0.1) is 0 Å². The van der Waals surface area contributed by atoms with Gasteiger partial charge in [0.2, 0.25) is 11.8 Å². The van der Waals surface area contributed by atoms with E-state index < -0.39 is 5.91 Å². The van der Waals surface area contributed by atoms with E-state index in [-0.39, 0.29) is 5.91 Å². The second-order valence-electron chi connectivity index (χ2n) is 2.04. The molecule has 0 aliphatic heterocycles. The molecule has 12 heavy (non-hydrogen) atoms.